The van der Waals surface area contributed by atoms with E-state index in [2.05, 4.69) is 5.32 Å². The zero-order valence-electron chi connectivity index (χ0n) is 13.9. The molecule has 0 saturated carbocycles. The maximum absolute atomic E-state index is 11.9. The van der Waals surface area contributed by atoms with Gasteiger partial charge in [-0.25, -0.2) is 0 Å². The summed E-state index contributed by atoms with van der Waals surface area (Å²) in [6.07, 6.45) is 1.08. The van der Waals surface area contributed by atoms with E-state index in [1.807, 2.05) is 30.3 Å². The molecule has 0 fully saturated rings. The van der Waals surface area contributed by atoms with E-state index in [0.29, 0.717) is 30.2 Å². The van der Waals surface area contributed by atoms with Gasteiger partial charge in [0.15, 0.2) is 11.5 Å². The molecule has 0 unspecified atom stereocenters. The van der Waals surface area contributed by atoms with Gasteiger partial charge in [-0.1, -0.05) is 18.2 Å². The van der Waals surface area contributed by atoms with Crippen molar-refractivity contribution in [3.63, 3.8) is 0 Å². The minimum absolute atomic E-state index is 0. The molecule has 0 aliphatic heterocycles. The topological polar surface area (TPSA) is 73.6 Å². The van der Waals surface area contributed by atoms with E-state index in [-0.39, 0.29) is 18.3 Å². The molecule has 130 valence electrons. The molecule has 2 aromatic carbocycles. The van der Waals surface area contributed by atoms with Gasteiger partial charge in [0.2, 0.25) is 5.91 Å². The quantitative estimate of drug-likeness (QED) is 0.753. The molecule has 0 spiro atoms. The molecule has 24 heavy (non-hydrogen) atoms. The zero-order valence-corrected chi connectivity index (χ0v) is 14.7. The lowest BCUT2D eigenvalue weighted by molar-refractivity contribution is -0.120. The summed E-state index contributed by atoms with van der Waals surface area (Å²) < 4.78 is 10.5. The smallest absolute Gasteiger partial charge is 0.224 e. The van der Waals surface area contributed by atoms with Crippen molar-refractivity contribution in [1.82, 2.24) is 5.32 Å². The van der Waals surface area contributed by atoms with Gasteiger partial charge in [-0.15, -0.1) is 12.4 Å². The maximum Gasteiger partial charge on any atom is 0.224 e. The van der Waals surface area contributed by atoms with Crippen molar-refractivity contribution in [1.29, 1.82) is 0 Å². The number of nitrogens with one attached hydrogen (secondary N) is 1. The number of rotatable bonds is 7. The Labute approximate surface area is 148 Å². The monoisotopic (exact) mass is 350 g/mol. The number of anilines is 1. The summed E-state index contributed by atoms with van der Waals surface area (Å²) in [6.45, 7) is 0.573. The highest BCUT2D eigenvalue weighted by molar-refractivity contribution is 5.85. The van der Waals surface area contributed by atoms with Crippen LogP contribution in [-0.4, -0.2) is 26.7 Å². The van der Waals surface area contributed by atoms with E-state index in [0.717, 1.165) is 17.5 Å². The van der Waals surface area contributed by atoms with Crippen LogP contribution >= 0.6 is 12.4 Å². The van der Waals surface area contributed by atoms with Crippen LogP contribution in [0.15, 0.2) is 42.5 Å². The zero-order chi connectivity index (χ0) is 16.7. The third-order valence-electron chi connectivity index (χ3n) is 3.53. The van der Waals surface area contributed by atoms with Gasteiger partial charge < -0.3 is 20.5 Å². The number of hydrogen-bond donors (Lipinski definition) is 2. The van der Waals surface area contributed by atoms with E-state index in [9.17, 15) is 4.79 Å². The van der Waals surface area contributed by atoms with Crippen LogP contribution in [0.3, 0.4) is 0 Å². The van der Waals surface area contributed by atoms with E-state index in [1.165, 1.54) is 0 Å². The average Bonchev–Trinajstić information content (AvgIpc) is 2.56. The molecular formula is C18H23ClN2O3. The number of hydrogen-bond acceptors (Lipinski definition) is 4. The van der Waals surface area contributed by atoms with Crippen LogP contribution in [0.4, 0.5) is 5.69 Å². The fourth-order valence-electron chi connectivity index (χ4n) is 2.27. The molecular weight excluding hydrogens is 328 g/mol. The SMILES string of the molecule is COc1ccc(CCNC(=O)Cc2ccc(N)cc2)cc1OC.Cl. The second kappa shape index (κ2) is 9.67. The van der Waals surface area contributed by atoms with Crippen LogP contribution in [0.5, 0.6) is 11.5 Å². The van der Waals surface area contributed by atoms with Crippen LogP contribution < -0.4 is 20.5 Å². The van der Waals surface area contributed by atoms with Crippen molar-refractivity contribution in [3.8, 4) is 11.5 Å². The summed E-state index contributed by atoms with van der Waals surface area (Å²) in [7, 11) is 3.21. The molecule has 5 nitrogen and oxygen atoms in total. The molecule has 1 amide bonds. The van der Waals surface area contributed by atoms with E-state index in [1.54, 1.807) is 26.4 Å². The third kappa shape index (κ3) is 5.66. The number of amides is 1. The van der Waals surface area contributed by atoms with Gasteiger partial charge >= 0.3 is 0 Å². The Hall–Kier alpha value is -2.40. The molecule has 0 bridgehead atoms. The number of benzene rings is 2. The number of carbonyl (C=O) groups excluding carboxylic acids is 1. The Morgan fingerprint density at radius 3 is 2.25 bits per heavy atom. The second-order valence-corrected chi connectivity index (χ2v) is 5.21. The molecule has 0 aliphatic rings. The van der Waals surface area contributed by atoms with Crippen LogP contribution in [0.25, 0.3) is 0 Å². The molecule has 3 N–H and O–H groups in total. The lowest BCUT2D eigenvalue weighted by atomic mass is 10.1. The van der Waals surface area contributed by atoms with Gasteiger partial charge in [-0.3, -0.25) is 4.79 Å². The molecule has 2 aromatic rings. The second-order valence-electron chi connectivity index (χ2n) is 5.21. The summed E-state index contributed by atoms with van der Waals surface area (Å²) in [5.74, 6) is 1.39. The Bertz CT molecular complexity index is 660. The van der Waals surface area contributed by atoms with Crippen LogP contribution in [0, 0.1) is 0 Å². The molecule has 0 aromatic heterocycles. The molecule has 2 rings (SSSR count). The average molecular weight is 351 g/mol. The summed E-state index contributed by atoms with van der Waals surface area (Å²) in [4.78, 5) is 11.9. The van der Waals surface area contributed by atoms with Crippen molar-refractivity contribution in [2.24, 2.45) is 0 Å². The lowest BCUT2D eigenvalue weighted by Crippen LogP contribution is -2.27. The number of carbonyl (C=O) groups is 1. The standard InChI is InChI=1S/C18H22N2O3.ClH/c1-22-16-8-5-14(11-17(16)23-2)9-10-20-18(21)12-13-3-6-15(19)7-4-13;/h3-8,11H,9-10,12,19H2,1-2H3,(H,20,21);1H. The summed E-state index contributed by atoms with van der Waals surface area (Å²) >= 11 is 0. The summed E-state index contributed by atoms with van der Waals surface area (Å²) in [6, 6.07) is 13.1. The fourth-order valence-corrected chi connectivity index (χ4v) is 2.27. The first-order valence-corrected chi connectivity index (χ1v) is 7.44. The largest absolute Gasteiger partial charge is 0.493 e. The minimum atomic E-state index is -0.00440. The number of methoxy groups -OCH3 is 2. The van der Waals surface area contributed by atoms with E-state index < -0.39 is 0 Å². The van der Waals surface area contributed by atoms with Crippen molar-refractivity contribution in [3.05, 3.63) is 53.6 Å². The van der Waals surface area contributed by atoms with Crippen LogP contribution in [0.1, 0.15) is 11.1 Å². The first kappa shape index (κ1) is 19.6. The lowest BCUT2D eigenvalue weighted by Gasteiger charge is -2.10. The number of nitrogen functional groups attached to an aromatic ring is 1. The Morgan fingerprint density at radius 1 is 1.00 bits per heavy atom. The Balaban J connectivity index is 0.00000288. The predicted octanol–water partition coefficient (Wildman–Crippen LogP) is 2.61. The van der Waals surface area contributed by atoms with Gasteiger partial charge in [0, 0.05) is 12.2 Å². The van der Waals surface area contributed by atoms with E-state index in [4.69, 9.17) is 15.2 Å². The highest BCUT2D eigenvalue weighted by Crippen LogP contribution is 2.27. The van der Waals surface area contributed by atoms with Gasteiger partial charge in [0.05, 0.1) is 20.6 Å². The fraction of sp³-hybridized carbons (Fsp3) is 0.278. The number of ether oxygens (including phenoxy) is 2. The maximum atomic E-state index is 11.9. The van der Waals surface area contributed by atoms with Gasteiger partial charge in [0.1, 0.15) is 0 Å². The molecule has 0 radical (unpaired) electrons. The van der Waals surface area contributed by atoms with Crippen molar-refractivity contribution in [2.75, 3.05) is 26.5 Å². The molecule has 0 heterocycles. The third-order valence-corrected chi connectivity index (χ3v) is 3.53. The first-order valence-electron chi connectivity index (χ1n) is 7.44. The van der Waals surface area contributed by atoms with Gasteiger partial charge in [0.25, 0.3) is 0 Å². The number of nitrogens with two attached hydrogens (primary N) is 1. The first-order chi connectivity index (χ1) is 11.1. The Morgan fingerprint density at radius 2 is 1.62 bits per heavy atom. The highest BCUT2D eigenvalue weighted by Gasteiger charge is 2.06. The normalized spacial score (nSPS) is 9.75. The van der Waals surface area contributed by atoms with Crippen LogP contribution in [0.2, 0.25) is 0 Å². The minimum Gasteiger partial charge on any atom is -0.493 e. The predicted molar refractivity (Wildman–Crippen MR) is 98.1 cm³/mol. The summed E-state index contributed by atoms with van der Waals surface area (Å²) in [5, 5.41) is 2.92. The van der Waals surface area contributed by atoms with Gasteiger partial charge in [-0.05, 0) is 41.8 Å². The van der Waals surface area contributed by atoms with E-state index >= 15 is 0 Å². The molecule has 0 aliphatic carbocycles. The number of halogens is 1. The molecule has 0 atom stereocenters. The summed E-state index contributed by atoms with van der Waals surface area (Å²) in [5.41, 5.74) is 8.35. The Kier molecular flexibility index (Phi) is 7.92. The molecule has 6 heteroatoms. The van der Waals surface area contributed by atoms with Crippen molar-refractivity contribution >= 4 is 24.0 Å². The van der Waals surface area contributed by atoms with Crippen molar-refractivity contribution < 1.29 is 14.3 Å². The highest BCUT2D eigenvalue weighted by atomic mass is 35.5. The van der Waals surface area contributed by atoms with Gasteiger partial charge in [-0.2, -0.15) is 0 Å². The van der Waals surface area contributed by atoms with Crippen molar-refractivity contribution in [2.45, 2.75) is 12.8 Å². The molecule has 0 saturated heterocycles. The van der Waals surface area contributed by atoms with Crippen LogP contribution in [-0.2, 0) is 17.6 Å².